The number of nitrogens with two attached hydrogens (primary N) is 1. The Morgan fingerprint density at radius 2 is 2.20 bits per heavy atom. The Morgan fingerprint density at radius 1 is 1.40 bits per heavy atom. The number of hydrogen-bond acceptors (Lipinski definition) is 2. The first-order valence-corrected chi connectivity index (χ1v) is 7.31. The molecule has 0 radical (unpaired) electrons. The maximum absolute atomic E-state index is 6.37. The maximum atomic E-state index is 6.37. The van der Waals surface area contributed by atoms with Gasteiger partial charge in [-0.05, 0) is 48.9 Å². The van der Waals surface area contributed by atoms with Gasteiger partial charge in [-0.2, -0.15) is 0 Å². The molecule has 2 heterocycles. The fourth-order valence-corrected chi connectivity index (χ4v) is 3.38. The molecule has 0 saturated heterocycles. The molecule has 0 amide bonds. The summed E-state index contributed by atoms with van der Waals surface area (Å²) in [7, 11) is 0. The van der Waals surface area contributed by atoms with Crippen LogP contribution in [-0.4, -0.2) is 9.55 Å². The Balaban J connectivity index is 2.01. The van der Waals surface area contributed by atoms with Crippen molar-refractivity contribution in [3.8, 4) is 0 Å². The number of rotatable bonds is 2. The van der Waals surface area contributed by atoms with Crippen molar-refractivity contribution in [2.75, 3.05) is 0 Å². The second-order valence-electron chi connectivity index (χ2n) is 6.75. The van der Waals surface area contributed by atoms with Crippen LogP contribution in [0.4, 0.5) is 0 Å². The average molecular weight is 269 g/mol. The molecule has 0 aliphatic heterocycles. The Hall–Kier alpha value is -1.61. The van der Waals surface area contributed by atoms with Crippen LogP contribution in [-0.2, 0) is 13.0 Å². The Bertz CT molecular complexity index is 611. The molecule has 20 heavy (non-hydrogen) atoms. The Morgan fingerprint density at radius 3 is 2.90 bits per heavy atom. The summed E-state index contributed by atoms with van der Waals surface area (Å²) in [6.07, 6.45) is 4.01. The quantitative estimate of drug-likeness (QED) is 0.909. The highest BCUT2D eigenvalue weighted by Crippen LogP contribution is 2.40. The first-order valence-electron chi connectivity index (χ1n) is 7.31. The molecule has 1 aliphatic rings. The van der Waals surface area contributed by atoms with Crippen LogP contribution >= 0.6 is 0 Å². The van der Waals surface area contributed by atoms with Crippen molar-refractivity contribution in [1.82, 2.24) is 9.55 Å². The van der Waals surface area contributed by atoms with Gasteiger partial charge in [0.15, 0.2) is 0 Å². The zero-order chi connectivity index (χ0) is 14.3. The fraction of sp³-hybridized carbons (Fsp3) is 0.471. The van der Waals surface area contributed by atoms with Crippen molar-refractivity contribution in [1.29, 1.82) is 0 Å². The standard InChI is InChI=1S/C17H23N3/c1-12-8-14-15(18)9-17(2,3)10-16(14)20(12)11-13-6-4-5-7-19-13/h4-8,15H,9-11,18H2,1-3H3. The number of fused-ring (bicyclic) bond motifs is 1. The van der Waals surface area contributed by atoms with Crippen molar-refractivity contribution in [3.05, 3.63) is 53.1 Å². The van der Waals surface area contributed by atoms with Crippen LogP contribution in [0, 0.1) is 12.3 Å². The molecule has 1 aliphatic carbocycles. The minimum atomic E-state index is 0.164. The zero-order valence-electron chi connectivity index (χ0n) is 12.6. The van der Waals surface area contributed by atoms with Gasteiger partial charge in [0.05, 0.1) is 12.2 Å². The van der Waals surface area contributed by atoms with Gasteiger partial charge in [0.1, 0.15) is 0 Å². The van der Waals surface area contributed by atoms with Crippen molar-refractivity contribution in [3.63, 3.8) is 0 Å². The lowest BCUT2D eigenvalue weighted by atomic mass is 9.74. The molecule has 3 heteroatoms. The highest BCUT2D eigenvalue weighted by Gasteiger charge is 2.33. The Labute approximate surface area is 120 Å². The topological polar surface area (TPSA) is 43.8 Å². The highest BCUT2D eigenvalue weighted by molar-refractivity contribution is 5.34. The van der Waals surface area contributed by atoms with Gasteiger partial charge in [0, 0.05) is 23.6 Å². The summed E-state index contributed by atoms with van der Waals surface area (Å²) in [6.45, 7) is 7.62. The van der Waals surface area contributed by atoms with Gasteiger partial charge < -0.3 is 10.3 Å². The second-order valence-corrected chi connectivity index (χ2v) is 6.75. The van der Waals surface area contributed by atoms with Crippen molar-refractivity contribution in [2.45, 2.75) is 46.2 Å². The van der Waals surface area contributed by atoms with Gasteiger partial charge >= 0.3 is 0 Å². The largest absolute Gasteiger partial charge is 0.343 e. The van der Waals surface area contributed by atoms with E-state index in [1.807, 2.05) is 18.3 Å². The van der Waals surface area contributed by atoms with E-state index in [0.717, 1.165) is 25.1 Å². The van der Waals surface area contributed by atoms with E-state index in [1.54, 1.807) is 0 Å². The van der Waals surface area contributed by atoms with Crippen molar-refractivity contribution < 1.29 is 0 Å². The SMILES string of the molecule is Cc1cc2c(n1Cc1ccccn1)CC(C)(C)CC2N. The minimum Gasteiger partial charge on any atom is -0.343 e. The monoisotopic (exact) mass is 269 g/mol. The van der Waals surface area contributed by atoms with E-state index in [-0.39, 0.29) is 11.5 Å². The molecule has 0 spiro atoms. The third kappa shape index (κ3) is 2.38. The van der Waals surface area contributed by atoms with Crippen LogP contribution < -0.4 is 5.73 Å². The summed E-state index contributed by atoms with van der Waals surface area (Å²) in [4.78, 5) is 4.45. The maximum Gasteiger partial charge on any atom is 0.0647 e. The second kappa shape index (κ2) is 4.74. The van der Waals surface area contributed by atoms with Crippen LogP contribution in [0.5, 0.6) is 0 Å². The average Bonchev–Trinajstić information content (AvgIpc) is 2.67. The third-order valence-corrected chi connectivity index (χ3v) is 4.31. The molecule has 0 aromatic carbocycles. The molecule has 1 atom stereocenters. The van der Waals surface area contributed by atoms with Crippen LogP contribution in [0.25, 0.3) is 0 Å². The van der Waals surface area contributed by atoms with Crippen LogP contribution in [0.15, 0.2) is 30.5 Å². The number of pyridine rings is 1. The number of nitrogens with zero attached hydrogens (tertiary/aromatic N) is 2. The van der Waals surface area contributed by atoms with Crippen LogP contribution in [0.1, 0.15) is 49.0 Å². The van der Waals surface area contributed by atoms with Crippen LogP contribution in [0.2, 0.25) is 0 Å². The first kappa shape index (κ1) is 13.4. The lowest BCUT2D eigenvalue weighted by Crippen LogP contribution is -2.30. The highest BCUT2D eigenvalue weighted by atomic mass is 15.0. The molecule has 0 saturated carbocycles. The molecular weight excluding hydrogens is 246 g/mol. The molecule has 0 fully saturated rings. The molecule has 2 aromatic heterocycles. The fourth-order valence-electron chi connectivity index (χ4n) is 3.38. The smallest absolute Gasteiger partial charge is 0.0647 e. The van der Waals surface area contributed by atoms with E-state index in [2.05, 4.69) is 42.5 Å². The molecule has 3 rings (SSSR count). The predicted molar refractivity (Wildman–Crippen MR) is 81.5 cm³/mol. The van der Waals surface area contributed by atoms with Gasteiger partial charge in [-0.15, -0.1) is 0 Å². The summed E-state index contributed by atoms with van der Waals surface area (Å²) in [5.41, 5.74) is 11.8. The van der Waals surface area contributed by atoms with E-state index in [4.69, 9.17) is 5.73 Å². The third-order valence-electron chi connectivity index (χ3n) is 4.31. The van der Waals surface area contributed by atoms with Gasteiger partial charge in [-0.3, -0.25) is 4.98 Å². The van der Waals surface area contributed by atoms with Crippen molar-refractivity contribution >= 4 is 0 Å². The van der Waals surface area contributed by atoms with E-state index >= 15 is 0 Å². The molecule has 0 bridgehead atoms. The van der Waals surface area contributed by atoms with E-state index in [9.17, 15) is 0 Å². The normalized spacial score (nSPS) is 20.7. The Kier molecular flexibility index (Phi) is 3.17. The molecule has 106 valence electrons. The van der Waals surface area contributed by atoms with Gasteiger partial charge in [0.25, 0.3) is 0 Å². The summed E-state index contributed by atoms with van der Waals surface area (Å²) in [5, 5.41) is 0. The number of hydrogen-bond donors (Lipinski definition) is 1. The van der Waals surface area contributed by atoms with Gasteiger partial charge in [-0.25, -0.2) is 0 Å². The van der Waals surface area contributed by atoms with E-state index < -0.39 is 0 Å². The lowest BCUT2D eigenvalue weighted by molar-refractivity contribution is 0.275. The van der Waals surface area contributed by atoms with Crippen LogP contribution in [0.3, 0.4) is 0 Å². The number of aromatic nitrogens is 2. The summed E-state index contributed by atoms with van der Waals surface area (Å²) in [6, 6.07) is 8.51. The molecule has 2 N–H and O–H groups in total. The molecule has 2 aromatic rings. The molecule has 1 unspecified atom stereocenters. The van der Waals surface area contributed by atoms with E-state index in [0.29, 0.717) is 0 Å². The zero-order valence-corrected chi connectivity index (χ0v) is 12.6. The first-order chi connectivity index (χ1) is 9.46. The van der Waals surface area contributed by atoms with Gasteiger partial charge in [0.2, 0.25) is 0 Å². The summed E-state index contributed by atoms with van der Waals surface area (Å²) < 4.78 is 2.39. The minimum absolute atomic E-state index is 0.164. The van der Waals surface area contributed by atoms with Crippen molar-refractivity contribution in [2.24, 2.45) is 11.1 Å². The predicted octanol–water partition coefficient (Wildman–Crippen LogP) is 3.21. The number of aryl methyl sites for hydroxylation is 1. The van der Waals surface area contributed by atoms with Gasteiger partial charge in [-0.1, -0.05) is 19.9 Å². The lowest BCUT2D eigenvalue weighted by Gasteiger charge is -2.34. The molecular formula is C17H23N3. The summed E-state index contributed by atoms with van der Waals surface area (Å²) >= 11 is 0. The summed E-state index contributed by atoms with van der Waals surface area (Å²) in [5.74, 6) is 0. The molecule has 3 nitrogen and oxygen atoms in total. The van der Waals surface area contributed by atoms with E-state index in [1.165, 1.54) is 17.0 Å².